The van der Waals surface area contributed by atoms with Crippen LogP contribution in [0.4, 0.5) is 10.9 Å². The van der Waals surface area contributed by atoms with Crippen LogP contribution in [0.15, 0.2) is 28.7 Å². The van der Waals surface area contributed by atoms with E-state index in [0.717, 1.165) is 58.5 Å². The van der Waals surface area contributed by atoms with Gasteiger partial charge in [0.15, 0.2) is 5.13 Å². The molecule has 3 atom stereocenters. The zero-order valence-electron chi connectivity index (χ0n) is 19.1. The highest BCUT2D eigenvalue weighted by molar-refractivity contribution is 7.16. The summed E-state index contributed by atoms with van der Waals surface area (Å²) in [4.78, 5) is 34.3. The molecule has 1 unspecified atom stereocenters. The van der Waals surface area contributed by atoms with Crippen molar-refractivity contribution in [2.45, 2.75) is 58.0 Å². The molecule has 1 amide bonds. The fourth-order valence-corrected chi connectivity index (χ4v) is 6.79. The summed E-state index contributed by atoms with van der Waals surface area (Å²) in [6.07, 6.45) is 9.09. The molecule has 0 aliphatic carbocycles. The minimum Gasteiger partial charge on any atom is -0.333 e. The van der Waals surface area contributed by atoms with Crippen LogP contribution in [0.3, 0.4) is 0 Å². The van der Waals surface area contributed by atoms with E-state index in [9.17, 15) is 4.79 Å². The van der Waals surface area contributed by atoms with Gasteiger partial charge < -0.3 is 15.2 Å². The number of anilines is 2. The predicted molar refractivity (Wildman–Crippen MR) is 135 cm³/mol. The molecule has 0 radical (unpaired) electrons. The number of aryl methyl sites for hydroxylation is 2. The maximum atomic E-state index is 13.3. The summed E-state index contributed by atoms with van der Waals surface area (Å²) < 4.78 is 0. The Kier molecular flexibility index (Phi) is 6.25. The van der Waals surface area contributed by atoms with Crippen LogP contribution >= 0.6 is 22.7 Å². The minimum atomic E-state index is 0.108. The molecule has 0 saturated carbocycles. The van der Waals surface area contributed by atoms with E-state index in [0.29, 0.717) is 29.4 Å². The first kappa shape index (κ1) is 22.2. The molecule has 172 valence electrons. The van der Waals surface area contributed by atoms with Crippen molar-refractivity contribution in [3.8, 4) is 10.6 Å². The van der Waals surface area contributed by atoms with Crippen molar-refractivity contribution in [2.24, 2.45) is 10.9 Å². The van der Waals surface area contributed by atoms with E-state index >= 15 is 0 Å². The van der Waals surface area contributed by atoms with E-state index in [-0.39, 0.29) is 5.91 Å². The lowest BCUT2D eigenvalue weighted by atomic mass is 9.88. The van der Waals surface area contributed by atoms with Gasteiger partial charge in [0.25, 0.3) is 5.91 Å². The Morgan fingerprint density at radius 2 is 2.03 bits per heavy atom. The monoisotopic (exact) mass is 480 g/mol. The van der Waals surface area contributed by atoms with Gasteiger partial charge in [0.05, 0.1) is 26.8 Å². The van der Waals surface area contributed by atoms with Gasteiger partial charge in [0, 0.05) is 30.7 Å². The van der Waals surface area contributed by atoms with E-state index in [1.807, 2.05) is 44.6 Å². The lowest BCUT2D eigenvalue weighted by Crippen LogP contribution is -2.46. The third-order valence-electron chi connectivity index (χ3n) is 6.57. The molecular weight excluding hydrogens is 452 g/mol. The molecule has 2 aliphatic rings. The predicted octanol–water partition coefficient (Wildman–Crippen LogP) is 5.50. The lowest BCUT2D eigenvalue weighted by Gasteiger charge is -2.38. The second kappa shape index (κ2) is 9.30. The highest BCUT2D eigenvalue weighted by Gasteiger charge is 2.43. The zero-order valence-corrected chi connectivity index (χ0v) is 20.7. The average Bonchev–Trinajstić information content (AvgIpc) is 3.47. The van der Waals surface area contributed by atoms with Crippen molar-refractivity contribution in [1.29, 1.82) is 0 Å². The number of carbonyl (C=O) groups is 1. The molecule has 5 heterocycles. The Bertz CT molecular complexity index is 1150. The lowest BCUT2D eigenvalue weighted by molar-refractivity contribution is 0.0530. The Hall–Kier alpha value is -2.65. The Balaban J connectivity index is 1.24. The summed E-state index contributed by atoms with van der Waals surface area (Å²) in [5.41, 5.74) is 2.59. The number of piperidine rings is 1. The largest absolute Gasteiger partial charge is 0.333 e. The summed E-state index contributed by atoms with van der Waals surface area (Å²) in [5, 5.41) is 7.12. The van der Waals surface area contributed by atoms with Crippen LogP contribution in [0, 0.1) is 19.8 Å². The molecule has 2 bridgehead atoms. The number of pyridine rings is 1. The first-order chi connectivity index (χ1) is 16.0. The highest BCUT2D eigenvalue weighted by atomic mass is 32.1. The maximum absolute atomic E-state index is 13.3. The molecule has 9 heteroatoms. The Labute approximate surface area is 202 Å². The van der Waals surface area contributed by atoms with Gasteiger partial charge in [-0.05, 0) is 70.2 Å². The van der Waals surface area contributed by atoms with Gasteiger partial charge in [0.1, 0.15) is 5.82 Å². The van der Waals surface area contributed by atoms with Crippen LogP contribution in [0.5, 0.6) is 0 Å². The maximum Gasteiger partial charge on any atom is 0.255 e. The van der Waals surface area contributed by atoms with Crippen LogP contribution in [-0.4, -0.2) is 51.1 Å². The molecule has 1 N–H and O–H groups in total. The molecule has 2 aliphatic heterocycles. The second-order valence-corrected chi connectivity index (χ2v) is 10.9. The third-order valence-corrected chi connectivity index (χ3v) is 8.43. The van der Waals surface area contributed by atoms with Crippen molar-refractivity contribution in [3.63, 3.8) is 0 Å². The molecule has 0 spiro atoms. The van der Waals surface area contributed by atoms with Crippen LogP contribution in [0.25, 0.3) is 10.6 Å². The van der Waals surface area contributed by atoms with E-state index < -0.39 is 0 Å². The topological polar surface area (TPSA) is 83.4 Å². The van der Waals surface area contributed by atoms with Crippen LogP contribution in [0.2, 0.25) is 0 Å². The zero-order chi connectivity index (χ0) is 22.9. The van der Waals surface area contributed by atoms with Crippen molar-refractivity contribution in [3.05, 3.63) is 40.0 Å². The van der Waals surface area contributed by atoms with Gasteiger partial charge in [-0.1, -0.05) is 0 Å². The number of hydrogen-bond acceptors (Lipinski definition) is 8. The van der Waals surface area contributed by atoms with Gasteiger partial charge >= 0.3 is 0 Å². The van der Waals surface area contributed by atoms with Crippen molar-refractivity contribution in [2.75, 3.05) is 12.4 Å². The third kappa shape index (κ3) is 4.56. The Morgan fingerprint density at radius 1 is 1.24 bits per heavy atom. The van der Waals surface area contributed by atoms with Gasteiger partial charge in [-0.25, -0.2) is 15.0 Å². The summed E-state index contributed by atoms with van der Waals surface area (Å²) in [6.45, 7) is 4.02. The molecule has 5 rings (SSSR count). The molecule has 3 aromatic rings. The van der Waals surface area contributed by atoms with Crippen LogP contribution < -0.4 is 5.32 Å². The molecule has 33 heavy (non-hydrogen) atoms. The Morgan fingerprint density at radius 3 is 2.67 bits per heavy atom. The standard InChI is InChI=1S/C24H28N6OS2/c1-14-22(33-15(2)27-14)20-13-32-24(28-20)29-21-7-4-17(12-26-21)23(31)30-18-5-6-19(30)11-16(10-18)8-9-25-3/h4,7,9,12-13,16,18-19H,5-6,8,10-11H2,1-3H3,(H,26,28,29)/t16?,18-,19+. The molecule has 7 nitrogen and oxygen atoms in total. The normalized spacial score (nSPS) is 22.3. The van der Waals surface area contributed by atoms with Crippen LogP contribution in [-0.2, 0) is 0 Å². The highest BCUT2D eigenvalue weighted by Crippen LogP contribution is 2.40. The number of aromatic nitrogens is 3. The van der Waals surface area contributed by atoms with Gasteiger partial charge in [-0.15, -0.1) is 22.7 Å². The number of nitrogens with zero attached hydrogens (tertiary/aromatic N) is 5. The van der Waals surface area contributed by atoms with E-state index in [1.54, 1.807) is 17.5 Å². The fraction of sp³-hybridized carbons (Fsp3) is 0.458. The van der Waals surface area contributed by atoms with Crippen molar-refractivity contribution in [1.82, 2.24) is 19.9 Å². The number of aliphatic imine (C=N–C) groups is 1. The summed E-state index contributed by atoms with van der Waals surface area (Å²) in [7, 11) is 1.83. The first-order valence-electron chi connectivity index (χ1n) is 11.4. The average molecular weight is 481 g/mol. The molecule has 2 fully saturated rings. The fourth-order valence-electron chi connectivity index (χ4n) is 5.13. The van der Waals surface area contributed by atoms with Gasteiger partial charge in [0.2, 0.25) is 0 Å². The molecule has 0 aromatic carbocycles. The molecular formula is C24H28N6OS2. The number of amides is 1. The number of fused-ring (bicyclic) bond motifs is 2. The summed E-state index contributed by atoms with van der Waals surface area (Å²) in [6, 6.07) is 4.43. The minimum absolute atomic E-state index is 0.108. The molecule has 2 saturated heterocycles. The van der Waals surface area contributed by atoms with Gasteiger partial charge in [-0.2, -0.15) is 0 Å². The molecule has 3 aromatic heterocycles. The van der Waals surface area contributed by atoms with E-state index in [4.69, 9.17) is 4.98 Å². The summed E-state index contributed by atoms with van der Waals surface area (Å²) in [5.74, 6) is 1.43. The number of nitrogens with one attached hydrogen (secondary N) is 1. The number of thiazole rings is 2. The van der Waals surface area contributed by atoms with Crippen molar-refractivity contribution >= 4 is 45.7 Å². The first-order valence-corrected chi connectivity index (χ1v) is 13.1. The SMILES string of the molecule is CN=CCC1C[C@H]2CC[C@@H](C1)N2C(=O)c1ccc(Nc2nc(-c3sc(C)nc3C)cs2)nc1. The van der Waals surface area contributed by atoms with Crippen molar-refractivity contribution < 1.29 is 4.79 Å². The quantitative estimate of drug-likeness (QED) is 0.471. The second-order valence-electron chi connectivity index (χ2n) is 8.85. The number of carbonyl (C=O) groups excluding carboxylic acids is 1. The smallest absolute Gasteiger partial charge is 0.255 e. The number of hydrogen-bond donors (Lipinski definition) is 1. The van der Waals surface area contributed by atoms with Crippen LogP contribution in [0.1, 0.15) is 53.2 Å². The van der Waals surface area contributed by atoms with E-state index in [2.05, 4.69) is 25.2 Å². The van der Waals surface area contributed by atoms with Gasteiger partial charge in [-0.3, -0.25) is 4.79 Å². The summed E-state index contributed by atoms with van der Waals surface area (Å²) >= 11 is 3.19. The number of rotatable bonds is 6. The van der Waals surface area contributed by atoms with E-state index in [1.165, 1.54) is 11.3 Å².